The molecule has 0 bridgehead atoms. The predicted molar refractivity (Wildman–Crippen MR) is 82.5 cm³/mol. The summed E-state index contributed by atoms with van der Waals surface area (Å²) in [6, 6.07) is 18.7. The Balaban J connectivity index is 1.72. The largest absolute Gasteiger partial charge is 0.371 e. The van der Waals surface area contributed by atoms with Crippen molar-refractivity contribution in [2.24, 2.45) is 0 Å². The summed E-state index contributed by atoms with van der Waals surface area (Å²) in [5, 5.41) is 0. The second-order valence-corrected chi connectivity index (χ2v) is 5.45. The zero-order chi connectivity index (χ0) is 13.9. The first-order valence-corrected chi connectivity index (χ1v) is 7.15. The third-order valence-electron chi connectivity index (χ3n) is 4.10. The van der Waals surface area contributed by atoms with Crippen LogP contribution in [0.3, 0.4) is 0 Å². The van der Waals surface area contributed by atoms with Crippen molar-refractivity contribution in [3.8, 4) is 0 Å². The van der Waals surface area contributed by atoms with E-state index in [1.165, 1.54) is 17.7 Å². The third kappa shape index (κ3) is 2.60. The molecule has 0 aromatic heterocycles. The van der Waals surface area contributed by atoms with E-state index in [1.54, 1.807) is 6.92 Å². The van der Waals surface area contributed by atoms with Gasteiger partial charge in [0.05, 0.1) is 0 Å². The van der Waals surface area contributed by atoms with Gasteiger partial charge in [0.15, 0.2) is 5.78 Å². The molecule has 0 radical (unpaired) electrons. The molecule has 2 aromatic rings. The lowest BCUT2D eigenvalue weighted by Crippen LogP contribution is -2.19. The molecular formula is C18H19NO. The van der Waals surface area contributed by atoms with Gasteiger partial charge < -0.3 is 4.90 Å². The van der Waals surface area contributed by atoms with Crippen molar-refractivity contribution < 1.29 is 4.79 Å². The minimum Gasteiger partial charge on any atom is -0.371 e. The lowest BCUT2D eigenvalue weighted by molar-refractivity contribution is 0.101. The van der Waals surface area contributed by atoms with Crippen molar-refractivity contribution in [3.63, 3.8) is 0 Å². The average Bonchev–Trinajstić information content (AvgIpc) is 2.98. The van der Waals surface area contributed by atoms with Crippen molar-refractivity contribution >= 4 is 11.5 Å². The summed E-state index contributed by atoms with van der Waals surface area (Å²) in [5.41, 5.74) is 3.43. The summed E-state index contributed by atoms with van der Waals surface area (Å²) in [7, 11) is 0. The van der Waals surface area contributed by atoms with E-state index < -0.39 is 0 Å². The SMILES string of the molecule is CC(=O)c1ccc(N2CCC(c3ccccc3)C2)cc1. The van der Waals surface area contributed by atoms with E-state index in [0.717, 1.165) is 18.7 Å². The number of nitrogens with zero attached hydrogens (tertiary/aromatic N) is 1. The Morgan fingerprint density at radius 3 is 2.40 bits per heavy atom. The maximum atomic E-state index is 11.3. The van der Waals surface area contributed by atoms with E-state index in [0.29, 0.717) is 5.92 Å². The molecule has 2 aromatic carbocycles. The van der Waals surface area contributed by atoms with Crippen molar-refractivity contribution in [1.29, 1.82) is 0 Å². The minimum absolute atomic E-state index is 0.125. The van der Waals surface area contributed by atoms with E-state index in [-0.39, 0.29) is 5.78 Å². The van der Waals surface area contributed by atoms with Crippen molar-refractivity contribution in [3.05, 3.63) is 65.7 Å². The molecule has 1 atom stereocenters. The fourth-order valence-electron chi connectivity index (χ4n) is 2.90. The molecule has 2 nitrogen and oxygen atoms in total. The molecular weight excluding hydrogens is 246 g/mol. The molecule has 1 aliphatic rings. The maximum absolute atomic E-state index is 11.3. The number of ketones is 1. The van der Waals surface area contributed by atoms with Gasteiger partial charge in [-0.05, 0) is 43.2 Å². The molecule has 1 aliphatic heterocycles. The van der Waals surface area contributed by atoms with Crippen LogP contribution in [0.5, 0.6) is 0 Å². The molecule has 1 saturated heterocycles. The van der Waals surface area contributed by atoms with Crippen LogP contribution in [-0.4, -0.2) is 18.9 Å². The Hall–Kier alpha value is -2.09. The summed E-state index contributed by atoms with van der Waals surface area (Å²) in [4.78, 5) is 13.7. The molecule has 102 valence electrons. The Kier molecular flexibility index (Phi) is 3.55. The summed E-state index contributed by atoms with van der Waals surface area (Å²) >= 11 is 0. The predicted octanol–water partition coefficient (Wildman–Crippen LogP) is 3.88. The molecule has 1 unspecified atom stereocenters. The van der Waals surface area contributed by atoms with Crippen LogP contribution in [0.4, 0.5) is 5.69 Å². The summed E-state index contributed by atoms with van der Waals surface area (Å²) < 4.78 is 0. The number of benzene rings is 2. The zero-order valence-corrected chi connectivity index (χ0v) is 11.8. The minimum atomic E-state index is 0.125. The van der Waals surface area contributed by atoms with Crippen molar-refractivity contribution in [1.82, 2.24) is 0 Å². The summed E-state index contributed by atoms with van der Waals surface area (Å²) in [5.74, 6) is 0.740. The van der Waals surface area contributed by atoms with Gasteiger partial charge in [-0.2, -0.15) is 0 Å². The monoisotopic (exact) mass is 265 g/mol. The number of anilines is 1. The van der Waals surface area contributed by atoms with Gasteiger partial charge in [0, 0.05) is 30.3 Å². The first-order valence-electron chi connectivity index (χ1n) is 7.15. The van der Waals surface area contributed by atoms with E-state index in [9.17, 15) is 4.79 Å². The normalized spacial score (nSPS) is 18.2. The number of carbonyl (C=O) groups is 1. The molecule has 0 saturated carbocycles. The lowest BCUT2D eigenvalue weighted by Gasteiger charge is -2.19. The number of carbonyl (C=O) groups excluding carboxylic acids is 1. The standard InChI is InChI=1S/C18H19NO/c1-14(20)15-7-9-18(10-8-15)19-12-11-17(13-19)16-5-3-2-4-6-16/h2-10,17H,11-13H2,1H3. The second-order valence-electron chi connectivity index (χ2n) is 5.45. The average molecular weight is 265 g/mol. The van der Waals surface area contributed by atoms with Crippen LogP contribution >= 0.6 is 0 Å². The molecule has 0 amide bonds. The first kappa shape index (κ1) is 12.9. The fraction of sp³-hybridized carbons (Fsp3) is 0.278. The van der Waals surface area contributed by atoms with Gasteiger partial charge in [-0.1, -0.05) is 30.3 Å². The Morgan fingerprint density at radius 2 is 1.75 bits per heavy atom. The molecule has 0 spiro atoms. The quantitative estimate of drug-likeness (QED) is 0.785. The lowest BCUT2D eigenvalue weighted by atomic mass is 9.99. The highest BCUT2D eigenvalue weighted by Crippen LogP contribution is 2.30. The zero-order valence-electron chi connectivity index (χ0n) is 11.8. The molecule has 20 heavy (non-hydrogen) atoms. The van der Waals surface area contributed by atoms with Crippen LogP contribution < -0.4 is 4.90 Å². The van der Waals surface area contributed by atoms with Gasteiger partial charge in [0.25, 0.3) is 0 Å². The third-order valence-corrected chi connectivity index (χ3v) is 4.10. The molecule has 1 fully saturated rings. The first-order chi connectivity index (χ1) is 9.74. The van der Waals surface area contributed by atoms with Crippen LogP contribution in [0.2, 0.25) is 0 Å². The number of Topliss-reactive ketones (excluding diaryl/α,β-unsaturated/α-hetero) is 1. The highest BCUT2D eigenvalue weighted by Gasteiger charge is 2.23. The topological polar surface area (TPSA) is 20.3 Å². The molecule has 3 rings (SSSR count). The Morgan fingerprint density at radius 1 is 1.05 bits per heavy atom. The summed E-state index contributed by atoms with van der Waals surface area (Å²) in [6.07, 6.45) is 1.19. The number of hydrogen-bond donors (Lipinski definition) is 0. The van der Waals surface area contributed by atoms with Gasteiger partial charge in [-0.3, -0.25) is 4.79 Å². The van der Waals surface area contributed by atoms with Crippen LogP contribution in [0, 0.1) is 0 Å². The van der Waals surface area contributed by atoms with Crippen LogP contribution in [0.15, 0.2) is 54.6 Å². The fourth-order valence-corrected chi connectivity index (χ4v) is 2.90. The van der Waals surface area contributed by atoms with Gasteiger partial charge in [0.1, 0.15) is 0 Å². The number of rotatable bonds is 3. The van der Waals surface area contributed by atoms with Crippen molar-refractivity contribution in [2.45, 2.75) is 19.3 Å². The highest BCUT2D eigenvalue weighted by atomic mass is 16.1. The molecule has 0 N–H and O–H groups in total. The van der Waals surface area contributed by atoms with Gasteiger partial charge in [-0.25, -0.2) is 0 Å². The van der Waals surface area contributed by atoms with Crippen LogP contribution in [0.25, 0.3) is 0 Å². The summed E-state index contributed by atoms with van der Waals surface area (Å²) in [6.45, 7) is 3.75. The highest BCUT2D eigenvalue weighted by molar-refractivity contribution is 5.94. The smallest absolute Gasteiger partial charge is 0.159 e. The molecule has 0 aliphatic carbocycles. The van der Waals surface area contributed by atoms with Crippen LogP contribution in [-0.2, 0) is 0 Å². The maximum Gasteiger partial charge on any atom is 0.159 e. The van der Waals surface area contributed by atoms with Gasteiger partial charge in [0.2, 0.25) is 0 Å². The van der Waals surface area contributed by atoms with Crippen molar-refractivity contribution in [2.75, 3.05) is 18.0 Å². The van der Waals surface area contributed by atoms with Gasteiger partial charge in [-0.15, -0.1) is 0 Å². The number of hydrogen-bond acceptors (Lipinski definition) is 2. The van der Waals surface area contributed by atoms with E-state index >= 15 is 0 Å². The second kappa shape index (κ2) is 5.49. The van der Waals surface area contributed by atoms with E-state index in [1.807, 2.05) is 12.1 Å². The van der Waals surface area contributed by atoms with E-state index in [2.05, 4.69) is 47.4 Å². The molecule has 1 heterocycles. The van der Waals surface area contributed by atoms with Crippen LogP contribution in [0.1, 0.15) is 35.2 Å². The van der Waals surface area contributed by atoms with E-state index in [4.69, 9.17) is 0 Å². The Labute approximate surface area is 120 Å². The molecule has 2 heteroatoms. The Bertz CT molecular complexity index is 589. The van der Waals surface area contributed by atoms with Gasteiger partial charge >= 0.3 is 0 Å².